The van der Waals surface area contributed by atoms with E-state index in [0.717, 1.165) is 36.5 Å². The van der Waals surface area contributed by atoms with E-state index in [2.05, 4.69) is 194 Å². The molecule has 0 amide bonds. The molecule has 0 fully saturated rings. The number of aliphatic carboxylic acids is 2. The summed E-state index contributed by atoms with van der Waals surface area (Å²) in [4.78, 5) is 17.8. The predicted molar refractivity (Wildman–Crippen MR) is 247 cm³/mol. The SMILES string of the molecule is CC(=O)[O-].CC(=O)[O-].COc1cccc(P(c2ccccc2)c2ccccc2)c1-c1c(OC)ccc(-c2ccc3ccccc3c2)c1P(c1ccccc1)c1ccccc1.[Ru+2]. The first kappa shape index (κ1) is 46.1. The Bertz CT molecular complexity index is 2560. The van der Waals surface area contributed by atoms with Gasteiger partial charge in [-0.05, 0) is 102 Å². The van der Waals surface area contributed by atoms with Crippen LogP contribution in [0.2, 0.25) is 0 Å². The van der Waals surface area contributed by atoms with E-state index in [1.807, 2.05) is 0 Å². The fourth-order valence-corrected chi connectivity index (χ4v) is 12.2. The van der Waals surface area contributed by atoms with Crippen LogP contribution in [-0.4, -0.2) is 26.2 Å². The molecule has 61 heavy (non-hydrogen) atoms. The third-order valence-electron chi connectivity index (χ3n) is 9.42. The fraction of sp³-hybridized carbons (Fsp3) is 0.0769. The molecule has 306 valence electrons. The number of hydrogen-bond donors (Lipinski definition) is 0. The average Bonchev–Trinajstić information content (AvgIpc) is 3.27. The number of carboxylic acids is 2. The third kappa shape index (κ3) is 11.5. The van der Waals surface area contributed by atoms with E-state index >= 15 is 0 Å². The second kappa shape index (κ2) is 22.6. The predicted octanol–water partition coefficient (Wildman–Crippen LogP) is 7.22. The molecule has 0 bridgehead atoms. The first-order chi connectivity index (χ1) is 29.2. The monoisotopic (exact) mass is 928 g/mol. The standard InChI is InChI=1S/C48H38O2P2.2C2H4O2.Ru/c1-49-43-28-17-29-45(51(38-20-7-3-8-21-38)39-22-9-4-10-23-39)46(43)47-44(50-2)33-32-42(37-31-30-35-18-15-16-19-36(35)34-37)48(47)52(40-24-11-5-12-25-40)41-26-13-6-14-27-41;2*1-2(3)4;/h3-34H,1-2H3;2*1H3,(H,3,4);/q;;;+2/p-2. The van der Waals surface area contributed by atoms with Crippen LogP contribution < -0.4 is 51.5 Å². The Kier molecular flexibility index (Phi) is 17.1. The summed E-state index contributed by atoms with van der Waals surface area (Å²) in [6, 6.07) is 70.1. The van der Waals surface area contributed by atoms with Crippen LogP contribution in [-0.2, 0) is 29.1 Å². The maximum absolute atomic E-state index is 8.89. The van der Waals surface area contributed by atoms with Crippen molar-refractivity contribution in [3.8, 4) is 33.8 Å². The number of benzene rings is 8. The van der Waals surface area contributed by atoms with Crippen LogP contribution in [0.15, 0.2) is 194 Å². The molecule has 0 aliphatic carbocycles. The van der Waals surface area contributed by atoms with Crippen LogP contribution in [0, 0.1) is 0 Å². The van der Waals surface area contributed by atoms with E-state index in [0.29, 0.717) is 0 Å². The molecule has 0 unspecified atom stereocenters. The van der Waals surface area contributed by atoms with Crippen LogP contribution in [0.4, 0.5) is 0 Å². The number of fused-ring (bicyclic) bond motifs is 1. The summed E-state index contributed by atoms with van der Waals surface area (Å²) in [5, 5.41) is 27.8. The molecule has 0 aromatic heterocycles. The average molecular weight is 928 g/mol. The van der Waals surface area contributed by atoms with Gasteiger partial charge in [-0.2, -0.15) is 0 Å². The van der Waals surface area contributed by atoms with Crippen molar-refractivity contribution in [1.82, 2.24) is 0 Å². The molecule has 0 aliphatic rings. The summed E-state index contributed by atoms with van der Waals surface area (Å²) in [6.45, 7) is 1.94. The molecule has 0 N–H and O–H groups in total. The van der Waals surface area contributed by atoms with Gasteiger partial charge in [-0.3, -0.25) is 0 Å². The van der Waals surface area contributed by atoms with Crippen molar-refractivity contribution >= 4 is 70.4 Å². The molecule has 6 nitrogen and oxygen atoms in total. The molecule has 0 heterocycles. The summed E-state index contributed by atoms with van der Waals surface area (Å²) < 4.78 is 12.8. The maximum Gasteiger partial charge on any atom is 2.00 e. The maximum atomic E-state index is 8.89. The number of ether oxygens (including phenoxy) is 2. The van der Waals surface area contributed by atoms with Crippen molar-refractivity contribution in [3.63, 3.8) is 0 Å². The number of methoxy groups -OCH3 is 2. The second-order valence-electron chi connectivity index (χ2n) is 13.5. The zero-order valence-corrected chi connectivity index (χ0v) is 37.7. The minimum Gasteiger partial charge on any atom is -0.550 e. The fourth-order valence-electron chi connectivity index (χ4n) is 7.08. The number of carboxylic acid groups (broad SMARTS) is 2. The molecule has 0 saturated carbocycles. The first-order valence-corrected chi connectivity index (χ1v) is 21.9. The molecule has 0 spiro atoms. The van der Waals surface area contributed by atoms with E-state index < -0.39 is 27.8 Å². The molecule has 9 heteroatoms. The van der Waals surface area contributed by atoms with Gasteiger partial charge < -0.3 is 29.3 Å². The second-order valence-corrected chi connectivity index (χ2v) is 17.8. The minimum atomic E-state index is -1.09. The number of carbonyl (C=O) groups is 2. The topological polar surface area (TPSA) is 98.7 Å². The van der Waals surface area contributed by atoms with E-state index in [4.69, 9.17) is 29.3 Å². The van der Waals surface area contributed by atoms with Crippen molar-refractivity contribution in [2.75, 3.05) is 14.2 Å². The van der Waals surface area contributed by atoms with E-state index in [9.17, 15) is 0 Å². The van der Waals surface area contributed by atoms with Crippen molar-refractivity contribution < 1.29 is 48.8 Å². The minimum absolute atomic E-state index is 0. The van der Waals surface area contributed by atoms with Gasteiger partial charge in [-0.15, -0.1) is 0 Å². The zero-order valence-electron chi connectivity index (χ0n) is 34.2. The van der Waals surface area contributed by atoms with Gasteiger partial charge in [0.25, 0.3) is 0 Å². The van der Waals surface area contributed by atoms with Gasteiger partial charge in [-0.25, -0.2) is 0 Å². The summed E-state index contributed by atoms with van der Waals surface area (Å²) in [5.41, 5.74) is 4.49. The van der Waals surface area contributed by atoms with Crippen molar-refractivity contribution in [1.29, 1.82) is 0 Å². The molecule has 0 saturated heterocycles. The quantitative estimate of drug-likeness (QED) is 0.106. The van der Waals surface area contributed by atoms with Gasteiger partial charge in [0.1, 0.15) is 11.5 Å². The smallest absolute Gasteiger partial charge is 0.550 e. The molecule has 8 rings (SSSR count). The molecule has 0 atom stereocenters. The van der Waals surface area contributed by atoms with Crippen LogP contribution in [0.25, 0.3) is 33.0 Å². The van der Waals surface area contributed by atoms with Gasteiger partial charge in [0.05, 0.1) is 14.2 Å². The number of rotatable bonds is 10. The number of hydrogen-bond acceptors (Lipinski definition) is 6. The normalized spacial score (nSPS) is 10.4. The molecule has 0 aliphatic heterocycles. The van der Waals surface area contributed by atoms with Gasteiger partial charge in [-0.1, -0.05) is 170 Å². The molecule has 8 aromatic carbocycles. The summed E-state index contributed by atoms with van der Waals surface area (Å²) in [7, 11) is 1.50. The molecular weight excluding hydrogens is 884 g/mol. The molecule has 8 aromatic rings. The summed E-state index contributed by atoms with van der Waals surface area (Å²) in [6.07, 6.45) is 0. The van der Waals surface area contributed by atoms with Crippen LogP contribution in [0.5, 0.6) is 11.5 Å². The Balaban J connectivity index is 0.000000722. The Hall–Kier alpha value is -5.96. The Morgan fingerprint density at radius 1 is 0.443 bits per heavy atom. The van der Waals surface area contributed by atoms with Gasteiger partial charge in [0.2, 0.25) is 0 Å². The summed E-state index contributed by atoms with van der Waals surface area (Å²) >= 11 is 0. The van der Waals surface area contributed by atoms with Crippen molar-refractivity contribution in [2.24, 2.45) is 0 Å². The van der Waals surface area contributed by atoms with Gasteiger partial charge in [0.15, 0.2) is 0 Å². The Morgan fingerprint density at radius 3 is 1.31 bits per heavy atom. The largest absolute Gasteiger partial charge is 2.00 e. The summed E-state index contributed by atoms with van der Waals surface area (Å²) in [5.74, 6) is -0.524. The van der Waals surface area contributed by atoms with Crippen LogP contribution in [0.3, 0.4) is 0 Å². The van der Waals surface area contributed by atoms with Gasteiger partial charge >= 0.3 is 19.5 Å². The van der Waals surface area contributed by atoms with Crippen LogP contribution in [0.1, 0.15) is 13.8 Å². The van der Waals surface area contributed by atoms with Gasteiger partial charge in [0, 0.05) is 28.4 Å². The van der Waals surface area contributed by atoms with E-state index in [-0.39, 0.29) is 19.5 Å². The molecular formula is C52H44O6P2Ru. The first-order valence-electron chi connectivity index (χ1n) is 19.2. The Morgan fingerprint density at radius 2 is 0.852 bits per heavy atom. The van der Waals surface area contributed by atoms with E-state index in [1.165, 1.54) is 53.7 Å². The zero-order chi connectivity index (χ0) is 42.4. The van der Waals surface area contributed by atoms with Crippen LogP contribution >= 0.6 is 15.8 Å². The number of carbonyl (C=O) groups excluding carboxylic acids is 2. The van der Waals surface area contributed by atoms with Crippen molar-refractivity contribution in [3.05, 3.63) is 194 Å². The molecule has 0 radical (unpaired) electrons. The third-order valence-corrected chi connectivity index (χ3v) is 14.4. The Labute approximate surface area is 373 Å². The van der Waals surface area contributed by atoms with E-state index in [1.54, 1.807) is 14.2 Å². The van der Waals surface area contributed by atoms with Crippen molar-refractivity contribution in [2.45, 2.75) is 13.8 Å².